The number of fused-ring (bicyclic) bond motifs is 2. The van der Waals surface area contributed by atoms with Crippen LogP contribution in [0.5, 0.6) is 5.75 Å². The van der Waals surface area contributed by atoms with Crippen molar-refractivity contribution in [1.82, 2.24) is 10.4 Å². The Balaban J connectivity index is 1.47. The number of carbonyl (C=O) groups is 1. The monoisotopic (exact) mass is 421 g/mol. The highest BCUT2D eigenvalue weighted by Gasteiger charge is 2.19. The van der Waals surface area contributed by atoms with Crippen LogP contribution in [0.25, 0.3) is 21.0 Å². The number of para-hydroxylation sites is 1. The molecule has 4 aromatic rings. The summed E-state index contributed by atoms with van der Waals surface area (Å²) in [4.78, 5) is 17.2. The summed E-state index contributed by atoms with van der Waals surface area (Å²) >= 11 is 3.03. The van der Waals surface area contributed by atoms with Crippen LogP contribution in [0.2, 0.25) is 0 Å². The molecule has 0 radical (unpaired) electrons. The number of phenolic OH excluding ortho intramolecular Hbond substituents is 1. The number of nitrogens with one attached hydrogen (secondary N) is 1. The number of aromatic nitrogens is 1. The third-order valence-electron chi connectivity index (χ3n) is 4.50. The Morgan fingerprint density at radius 3 is 2.83 bits per heavy atom. The fourth-order valence-electron chi connectivity index (χ4n) is 3.00. The second-order valence-corrected chi connectivity index (χ2v) is 8.90. The number of carbonyl (C=O) groups excluding carboxylic acids is 1. The van der Waals surface area contributed by atoms with Crippen molar-refractivity contribution in [2.45, 2.75) is 22.9 Å². The molecule has 3 aromatic carbocycles. The molecule has 1 amide bonds. The highest BCUT2D eigenvalue weighted by atomic mass is 32.2. The molecule has 29 heavy (non-hydrogen) atoms. The van der Waals surface area contributed by atoms with Crippen LogP contribution in [-0.2, 0) is 4.79 Å². The molecular formula is C22H19N3O2S2. The van der Waals surface area contributed by atoms with Crippen molar-refractivity contribution in [1.29, 1.82) is 0 Å². The second-order valence-electron chi connectivity index (χ2n) is 6.42. The smallest absolute Gasteiger partial charge is 0.253 e. The van der Waals surface area contributed by atoms with Gasteiger partial charge in [-0.05, 0) is 35.4 Å². The normalized spacial score (nSPS) is 12.6. The molecule has 0 aliphatic rings. The molecule has 1 atom stereocenters. The summed E-state index contributed by atoms with van der Waals surface area (Å²) in [5.41, 5.74) is 4.13. The van der Waals surface area contributed by atoms with Gasteiger partial charge in [-0.1, -0.05) is 61.2 Å². The van der Waals surface area contributed by atoms with Crippen LogP contribution in [0.4, 0.5) is 0 Å². The number of thioether (sulfide) groups is 1. The Labute approximate surface area is 176 Å². The molecule has 0 unspecified atom stereocenters. The lowest BCUT2D eigenvalue weighted by Gasteiger charge is -2.10. The maximum Gasteiger partial charge on any atom is 0.253 e. The summed E-state index contributed by atoms with van der Waals surface area (Å²) in [6, 6.07) is 19.1. The number of hydrazone groups is 1. The van der Waals surface area contributed by atoms with Crippen molar-refractivity contribution in [3.05, 3.63) is 66.2 Å². The molecule has 0 fully saturated rings. The first-order chi connectivity index (χ1) is 14.2. The van der Waals surface area contributed by atoms with Crippen LogP contribution in [0.15, 0.2) is 70.1 Å². The molecule has 0 bridgehead atoms. The Morgan fingerprint density at radius 1 is 1.21 bits per heavy atom. The minimum Gasteiger partial charge on any atom is -0.507 e. The summed E-state index contributed by atoms with van der Waals surface area (Å²) in [5.74, 6) is -0.0645. The number of aromatic hydroxyl groups is 1. The highest BCUT2D eigenvalue weighted by molar-refractivity contribution is 8.02. The molecule has 0 saturated carbocycles. The standard InChI is InChI=1S/C22H19N3O2S2/c1-2-19(28-22-24-17-9-5-6-10-20(17)29-22)21(27)25-23-13-16-15-8-4-3-7-14(15)11-12-18(16)26/h3-13,19,26H,2H2,1H3,(H,25,27)/b23-13-/t19-/m1/s1. The lowest BCUT2D eigenvalue weighted by atomic mass is 10.0. The highest BCUT2D eigenvalue weighted by Crippen LogP contribution is 2.33. The summed E-state index contributed by atoms with van der Waals surface area (Å²) in [5, 5.41) is 15.8. The van der Waals surface area contributed by atoms with Gasteiger partial charge >= 0.3 is 0 Å². The van der Waals surface area contributed by atoms with Gasteiger partial charge in [0.15, 0.2) is 4.34 Å². The maximum atomic E-state index is 12.6. The van der Waals surface area contributed by atoms with E-state index in [1.54, 1.807) is 17.4 Å². The van der Waals surface area contributed by atoms with Crippen molar-refractivity contribution >= 4 is 56.2 Å². The molecule has 7 heteroatoms. The number of phenols is 1. The van der Waals surface area contributed by atoms with Gasteiger partial charge in [0.1, 0.15) is 5.75 Å². The number of benzene rings is 3. The van der Waals surface area contributed by atoms with Gasteiger partial charge in [-0.3, -0.25) is 4.79 Å². The van der Waals surface area contributed by atoms with E-state index in [1.165, 1.54) is 18.0 Å². The van der Waals surface area contributed by atoms with Crippen LogP contribution in [0, 0.1) is 0 Å². The Hall–Kier alpha value is -2.90. The average molecular weight is 422 g/mol. The van der Waals surface area contributed by atoms with Crippen molar-refractivity contribution in [2.75, 3.05) is 0 Å². The van der Waals surface area contributed by atoms with Gasteiger partial charge in [-0.25, -0.2) is 10.4 Å². The lowest BCUT2D eigenvalue weighted by Crippen LogP contribution is -2.28. The van der Waals surface area contributed by atoms with Crippen LogP contribution in [-0.4, -0.2) is 27.5 Å². The van der Waals surface area contributed by atoms with Gasteiger partial charge in [0, 0.05) is 5.56 Å². The van der Waals surface area contributed by atoms with E-state index in [2.05, 4.69) is 15.5 Å². The first-order valence-corrected chi connectivity index (χ1v) is 10.9. The molecule has 0 saturated heterocycles. The fraction of sp³-hybridized carbons (Fsp3) is 0.136. The van der Waals surface area contributed by atoms with E-state index >= 15 is 0 Å². The van der Waals surface area contributed by atoms with Crippen LogP contribution in [0.1, 0.15) is 18.9 Å². The molecule has 5 nitrogen and oxygen atoms in total. The van der Waals surface area contributed by atoms with Gasteiger partial charge in [-0.2, -0.15) is 5.10 Å². The molecule has 0 spiro atoms. The van der Waals surface area contributed by atoms with Crippen molar-refractivity contribution in [3.63, 3.8) is 0 Å². The SMILES string of the molecule is CC[C@@H](Sc1nc2ccccc2s1)C(=O)N/N=C\c1c(O)ccc2ccccc12. The summed E-state index contributed by atoms with van der Waals surface area (Å²) in [6.45, 7) is 1.96. The predicted octanol–water partition coefficient (Wildman–Crippen LogP) is 5.18. The van der Waals surface area contributed by atoms with E-state index in [0.29, 0.717) is 12.0 Å². The molecule has 1 aromatic heterocycles. The van der Waals surface area contributed by atoms with Crippen LogP contribution < -0.4 is 5.43 Å². The quantitative estimate of drug-likeness (QED) is 0.256. The van der Waals surface area contributed by atoms with E-state index in [-0.39, 0.29) is 16.9 Å². The molecule has 0 aliphatic heterocycles. The zero-order chi connectivity index (χ0) is 20.2. The zero-order valence-electron chi connectivity index (χ0n) is 15.7. The van der Waals surface area contributed by atoms with E-state index < -0.39 is 0 Å². The number of amides is 1. The Kier molecular flexibility index (Phi) is 5.78. The van der Waals surface area contributed by atoms with Gasteiger partial charge in [0.2, 0.25) is 0 Å². The number of rotatable bonds is 6. The molecule has 1 heterocycles. The van der Waals surface area contributed by atoms with Crippen molar-refractivity contribution in [2.24, 2.45) is 5.10 Å². The van der Waals surface area contributed by atoms with Crippen LogP contribution in [0.3, 0.4) is 0 Å². The fourth-order valence-corrected chi connectivity index (χ4v) is 5.23. The minimum absolute atomic E-state index is 0.123. The number of hydrogen-bond acceptors (Lipinski definition) is 6. The molecule has 146 valence electrons. The number of thiazole rings is 1. The first kappa shape index (κ1) is 19.4. The predicted molar refractivity (Wildman–Crippen MR) is 121 cm³/mol. The van der Waals surface area contributed by atoms with E-state index in [9.17, 15) is 9.90 Å². The maximum absolute atomic E-state index is 12.6. The van der Waals surface area contributed by atoms with Crippen molar-refractivity contribution < 1.29 is 9.90 Å². The van der Waals surface area contributed by atoms with Gasteiger partial charge in [-0.15, -0.1) is 11.3 Å². The van der Waals surface area contributed by atoms with Crippen molar-refractivity contribution in [3.8, 4) is 5.75 Å². The summed E-state index contributed by atoms with van der Waals surface area (Å²) < 4.78 is 1.97. The topological polar surface area (TPSA) is 74.6 Å². The average Bonchev–Trinajstić information content (AvgIpc) is 3.16. The van der Waals surface area contributed by atoms with E-state index in [4.69, 9.17) is 0 Å². The second kappa shape index (κ2) is 8.63. The largest absolute Gasteiger partial charge is 0.507 e. The Bertz CT molecular complexity index is 1170. The van der Waals surface area contributed by atoms with Gasteiger partial charge in [0.05, 0.1) is 21.7 Å². The summed E-state index contributed by atoms with van der Waals surface area (Å²) in [7, 11) is 0. The zero-order valence-corrected chi connectivity index (χ0v) is 17.3. The number of hydrogen-bond donors (Lipinski definition) is 2. The molecule has 4 rings (SSSR count). The third kappa shape index (κ3) is 4.26. The Morgan fingerprint density at radius 2 is 2.00 bits per heavy atom. The summed E-state index contributed by atoms with van der Waals surface area (Å²) in [6.07, 6.45) is 2.14. The third-order valence-corrected chi connectivity index (χ3v) is 6.99. The van der Waals surface area contributed by atoms with E-state index in [1.807, 2.05) is 61.5 Å². The molecule has 0 aliphatic carbocycles. The van der Waals surface area contributed by atoms with E-state index in [0.717, 1.165) is 25.3 Å². The van der Waals surface area contributed by atoms with Gasteiger partial charge in [0.25, 0.3) is 5.91 Å². The molecular weight excluding hydrogens is 402 g/mol. The van der Waals surface area contributed by atoms with Gasteiger partial charge < -0.3 is 5.11 Å². The number of nitrogens with zero attached hydrogens (tertiary/aromatic N) is 2. The first-order valence-electron chi connectivity index (χ1n) is 9.21. The van der Waals surface area contributed by atoms with Crippen LogP contribution >= 0.6 is 23.1 Å². The molecule has 2 N–H and O–H groups in total. The lowest BCUT2D eigenvalue weighted by molar-refractivity contribution is -0.120. The minimum atomic E-state index is -0.297.